The number of halogens is 1. The molecule has 0 aliphatic rings. The lowest BCUT2D eigenvalue weighted by molar-refractivity contribution is 0.0464. The highest BCUT2D eigenvalue weighted by molar-refractivity contribution is 9.09. The summed E-state index contributed by atoms with van der Waals surface area (Å²) in [5.41, 5.74) is 2.76. The first-order valence-corrected chi connectivity index (χ1v) is 5.88. The van der Waals surface area contributed by atoms with Gasteiger partial charge in [0.15, 0.2) is 5.01 Å². The standard InChI is InChI=1S/C12H15BrO2/c1-4-11(13)15-12(14)10-6-8(2)5-9(3)7-10/h5-7,11H,4H2,1-3H3. The van der Waals surface area contributed by atoms with Crippen LogP contribution in [-0.2, 0) is 4.74 Å². The molecule has 0 saturated heterocycles. The molecule has 1 unspecified atom stereocenters. The topological polar surface area (TPSA) is 26.3 Å². The van der Waals surface area contributed by atoms with Crippen molar-refractivity contribution in [1.29, 1.82) is 0 Å². The molecule has 1 atom stereocenters. The largest absolute Gasteiger partial charge is 0.447 e. The van der Waals surface area contributed by atoms with E-state index in [1.54, 1.807) is 0 Å². The second-order valence-corrected chi connectivity index (χ2v) is 4.62. The third-order valence-electron chi connectivity index (χ3n) is 2.01. The maximum Gasteiger partial charge on any atom is 0.339 e. The summed E-state index contributed by atoms with van der Waals surface area (Å²) >= 11 is 3.27. The number of carbonyl (C=O) groups excluding carboxylic acids is 1. The highest BCUT2D eigenvalue weighted by atomic mass is 79.9. The zero-order chi connectivity index (χ0) is 11.4. The second kappa shape index (κ2) is 5.31. The van der Waals surface area contributed by atoms with Crippen molar-refractivity contribution in [2.75, 3.05) is 0 Å². The average Bonchev–Trinajstić information content (AvgIpc) is 2.16. The van der Waals surface area contributed by atoms with Gasteiger partial charge in [0.25, 0.3) is 0 Å². The highest BCUT2D eigenvalue weighted by Gasteiger charge is 2.12. The summed E-state index contributed by atoms with van der Waals surface area (Å²) < 4.78 is 5.17. The Hall–Kier alpha value is -0.830. The molecule has 1 rings (SSSR count). The molecule has 2 nitrogen and oxygen atoms in total. The molecular weight excluding hydrogens is 256 g/mol. The molecule has 0 fully saturated rings. The van der Waals surface area contributed by atoms with Gasteiger partial charge in [0.05, 0.1) is 5.56 Å². The highest BCUT2D eigenvalue weighted by Crippen LogP contribution is 2.14. The van der Waals surface area contributed by atoms with Gasteiger partial charge in [-0.1, -0.05) is 24.1 Å². The Morgan fingerprint density at radius 3 is 2.33 bits per heavy atom. The number of rotatable bonds is 3. The molecule has 15 heavy (non-hydrogen) atoms. The van der Waals surface area contributed by atoms with Crippen LogP contribution in [0.15, 0.2) is 18.2 Å². The van der Waals surface area contributed by atoms with Crippen molar-refractivity contribution in [3.8, 4) is 0 Å². The van der Waals surface area contributed by atoms with Crippen LogP contribution in [0.1, 0.15) is 34.8 Å². The fourth-order valence-electron chi connectivity index (χ4n) is 1.36. The molecule has 0 saturated carbocycles. The van der Waals surface area contributed by atoms with Crippen LogP contribution in [0.25, 0.3) is 0 Å². The first kappa shape index (κ1) is 12.2. The summed E-state index contributed by atoms with van der Waals surface area (Å²) in [6.07, 6.45) is 0.760. The van der Waals surface area contributed by atoms with Crippen LogP contribution in [0, 0.1) is 13.8 Å². The smallest absolute Gasteiger partial charge is 0.339 e. The Bertz CT molecular complexity index is 340. The van der Waals surface area contributed by atoms with E-state index in [4.69, 9.17) is 4.74 Å². The Labute approximate surface area is 98.8 Å². The van der Waals surface area contributed by atoms with Crippen molar-refractivity contribution < 1.29 is 9.53 Å². The maximum atomic E-state index is 11.7. The van der Waals surface area contributed by atoms with Crippen LogP contribution in [0.3, 0.4) is 0 Å². The SMILES string of the molecule is CCC(Br)OC(=O)c1cc(C)cc(C)c1. The fourth-order valence-corrected chi connectivity index (χ4v) is 1.53. The number of carbonyl (C=O) groups is 1. The minimum absolute atomic E-state index is 0.203. The molecule has 0 radical (unpaired) electrons. The molecular formula is C12H15BrO2. The molecule has 0 aliphatic carbocycles. The number of esters is 1. The van der Waals surface area contributed by atoms with Crippen molar-refractivity contribution >= 4 is 21.9 Å². The zero-order valence-corrected chi connectivity index (χ0v) is 10.8. The lowest BCUT2D eigenvalue weighted by atomic mass is 10.1. The predicted molar refractivity (Wildman–Crippen MR) is 64.3 cm³/mol. The third-order valence-corrected chi connectivity index (χ3v) is 2.85. The molecule has 1 aromatic carbocycles. The zero-order valence-electron chi connectivity index (χ0n) is 9.21. The average molecular weight is 271 g/mol. The van der Waals surface area contributed by atoms with Gasteiger partial charge in [-0.25, -0.2) is 4.79 Å². The van der Waals surface area contributed by atoms with E-state index in [2.05, 4.69) is 15.9 Å². The number of hydrogen-bond donors (Lipinski definition) is 0. The van der Waals surface area contributed by atoms with E-state index in [1.165, 1.54) is 0 Å². The van der Waals surface area contributed by atoms with Gasteiger partial charge in [-0.15, -0.1) is 0 Å². The van der Waals surface area contributed by atoms with Gasteiger partial charge in [0.2, 0.25) is 0 Å². The summed E-state index contributed by atoms with van der Waals surface area (Å²) in [5, 5.41) is -0.203. The van der Waals surface area contributed by atoms with Crippen LogP contribution < -0.4 is 0 Å². The Balaban J connectivity index is 2.82. The third kappa shape index (κ3) is 3.67. The van der Waals surface area contributed by atoms with Gasteiger partial charge in [0.1, 0.15) is 0 Å². The molecule has 1 aromatic rings. The Morgan fingerprint density at radius 1 is 1.33 bits per heavy atom. The van der Waals surface area contributed by atoms with E-state index < -0.39 is 0 Å². The van der Waals surface area contributed by atoms with E-state index in [0.717, 1.165) is 17.5 Å². The molecule has 82 valence electrons. The lowest BCUT2D eigenvalue weighted by Crippen LogP contribution is -2.11. The first-order chi connectivity index (χ1) is 7.02. The van der Waals surface area contributed by atoms with E-state index in [-0.39, 0.29) is 11.0 Å². The summed E-state index contributed by atoms with van der Waals surface area (Å²) in [6, 6.07) is 5.71. The van der Waals surface area contributed by atoms with Crippen molar-refractivity contribution in [1.82, 2.24) is 0 Å². The number of aryl methyl sites for hydroxylation is 2. The number of alkyl halides is 1. The minimum atomic E-state index is -0.273. The molecule has 0 bridgehead atoms. The van der Waals surface area contributed by atoms with Gasteiger partial charge in [-0.3, -0.25) is 0 Å². The van der Waals surface area contributed by atoms with Crippen molar-refractivity contribution in [2.45, 2.75) is 32.2 Å². The van der Waals surface area contributed by atoms with Crippen molar-refractivity contribution in [2.24, 2.45) is 0 Å². The van der Waals surface area contributed by atoms with Gasteiger partial charge >= 0.3 is 5.97 Å². The lowest BCUT2D eigenvalue weighted by Gasteiger charge is -2.10. The fraction of sp³-hybridized carbons (Fsp3) is 0.417. The second-order valence-electron chi connectivity index (χ2n) is 3.60. The first-order valence-electron chi connectivity index (χ1n) is 4.96. The van der Waals surface area contributed by atoms with Crippen molar-refractivity contribution in [3.63, 3.8) is 0 Å². The van der Waals surface area contributed by atoms with Gasteiger partial charge in [0, 0.05) is 0 Å². The van der Waals surface area contributed by atoms with Crippen LogP contribution in [-0.4, -0.2) is 11.0 Å². The Kier molecular flexibility index (Phi) is 4.33. The van der Waals surface area contributed by atoms with Gasteiger partial charge in [-0.2, -0.15) is 0 Å². The van der Waals surface area contributed by atoms with Crippen LogP contribution >= 0.6 is 15.9 Å². The quantitative estimate of drug-likeness (QED) is 0.620. The summed E-state index contributed by atoms with van der Waals surface area (Å²) in [6.45, 7) is 5.89. The molecule has 0 amide bonds. The normalized spacial score (nSPS) is 12.3. The monoisotopic (exact) mass is 270 g/mol. The molecule has 0 aliphatic heterocycles. The molecule has 0 aromatic heterocycles. The van der Waals surface area contributed by atoms with E-state index in [9.17, 15) is 4.79 Å². The van der Waals surface area contributed by atoms with E-state index >= 15 is 0 Å². The van der Waals surface area contributed by atoms with Gasteiger partial charge < -0.3 is 4.74 Å². The maximum absolute atomic E-state index is 11.7. The molecule has 0 spiro atoms. The van der Waals surface area contributed by atoms with E-state index in [0.29, 0.717) is 5.56 Å². The predicted octanol–water partition coefficient (Wildman–Crippen LogP) is 3.59. The summed E-state index contributed by atoms with van der Waals surface area (Å²) in [4.78, 5) is 11.7. The summed E-state index contributed by atoms with van der Waals surface area (Å²) in [5.74, 6) is -0.273. The molecule has 3 heteroatoms. The number of benzene rings is 1. The van der Waals surface area contributed by atoms with Crippen LogP contribution in [0.2, 0.25) is 0 Å². The van der Waals surface area contributed by atoms with Crippen LogP contribution in [0.5, 0.6) is 0 Å². The number of hydrogen-bond acceptors (Lipinski definition) is 2. The Morgan fingerprint density at radius 2 is 1.87 bits per heavy atom. The molecule has 0 N–H and O–H groups in total. The van der Waals surface area contributed by atoms with Gasteiger partial charge in [-0.05, 0) is 48.3 Å². The minimum Gasteiger partial charge on any atom is -0.447 e. The molecule has 0 heterocycles. The summed E-state index contributed by atoms with van der Waals surface area (Å²) in [7, 11) is 0. The number of ether oxygens (including phenoxy) is 1. The van der Waals surface area contributed by atoms with E-state index in [1.807, 2.05) is 39.0 Å². The van der Waals surface area contributed by atoms with Crippen LogP contribution in [0.4, 0.5) is 0 Å². The van der Waals surface area contributed by atoms with Crippen molar-refractivity contribution in [3.05, 3.63) is 34.9 Å².